The van der Waals surface area contributed by atoms with Crippen LogP contribution in [0.3, 0.4) is 0 Å². The summed E-state index contributed by atoms with van der Waals surface area (Å²) in [6.45, 7) is 7.04. The molecule has 20 heavy (non-hydrogen) atoms. The summed E-state index contributed by atoms with van der Waals surface area (Å²) in [5.41, 5.74) is 0. The molecule has 2 rings (SSSR count). The molecule has 0 aliphatic carbocycles. The molecule has 0 radical (unpaired) electrons. The summed E-state index contributed by atoms with van der Waals surface area (Å²) in [7, 11) is 0. The monoisotopic (exact) mass is 284 g/mol. The Morgan fingerprint density at radius 2 is 1.65 bits per heavy atom. The number of hydrogen-bond acceptors (Lipinski definition) is 4. The van der Waals surface area contributed by atoms with E-state index in [0.717, 1.165) is 19.6 Å². The van der Waals surface area contributed by atoms with Gasteiger partial charge in [0.2, 0.25) is 0 Å². The highest BCUT2D eigenvalue weighted by atomic mass is 16.7. The van der Waals surface area contributed by atoms with Crippen molar-refractivity contribution in [2.75, 3.05) is 26.4 Å². The van der Waals surface area contributed by atoms with Crippen molar-refractivity contribution in [1.29, 1.82) is 0 Å². The van der Waals surface area contributed by atoms with Gasteiger partial charge >= 0.3 is 0 Å². The normalized spacial score (nSPS) is 35.5. The van der Waals surface area contributed by atoms with Crippen molar-refractivity contribution in [3.8, 4) is 0 Å². The van der Waals surface area contributed by atoms with E-state index in [4.69, 9.17) is 18.9 Å². The maximum absolute atomic E-state index is 5.78. The fourth-order valence-electron chi connectivity index (χ4n) is 2.63. The second-order valence-corrected chi connectivity index (χ2v) is 5.67. The summed E-state index contributed by atoms with van der Waals surface area (Å²) < 4.78 is 23.1. The molecule has 116 valence electrons. The quantitative estimate of drug-likeness (QED) is 0.555. The van der Waals surface area contributed by atoms with Crippen LogP contribution in [-0.4, -0.2) is 39.0 Å². The van der Waals surface area contributed by atoms with E-state index in [0.29, 0.717) is 19.1 Å². The van der Waals surface area contributed by atoms with Crippen LogP contribution in [0.2, 0.25) is 0 Å². The first-order chi connectivity index (χ1) is 9.83. The van der Waals surface area contributed by atoms with Crippen LogP contribution in [0.4, 0.5) is 0 Å². The van der Waals surface area contributed by atoms with E-state index in [9.17, 15) is 0 Å². The SMILES string of the molecule is CC=CC1COC(C2COC(CCCCC)OC2)OC1. The zero-order valence-corrected chi connectivity index (χ0v) is 12.8. The summed E-state index contributed by atoms with van der Waals surface area (Å²) in [6, 6.07) is 0. The topological polar surface area (TPSA) is 36.9 Å². The third-order valence-electron chi connectivity index (χ3n) is 3.83. The van der Waals surface area contributed by atoms with Crippen LogP contribution in [-0.2, 0) is 18.9 Å². The molecule has 2 fully saturated rings. The van der Waals surface area contributed by atoms with Crippen molar-refractivity contribution in [1.82, 2.24) is 0 Å². The second-order valence-electron chi connectivity index (χ2n) is 5.67. The van der Waals surface area contributed by atoms with Crippen LogP contribution in [0, 0.1) is 11.8 Å². The lowest BCUT2D eigenvalue weighted by Gasteiger charge is -2.37. The highest BCUT2D eigenvalue weighted by Gasteiger charge is 2.32. The van der Waals surface area contributed by atoms with Gasteiger partial charge in [-0.25, -0.2) is 0 Å². The molecule has 0 atom stereocenters. The van der Waals surface area contributed by atoms with Gasteiger partial charge in [0.1, 0.15) is 0 Å². The summed E-state index contributed by atoms with van der Waals surface area (Å²) >= 11 is 0. The van der Waals surface area contributed by atoms with Crippen molar-refractivity contribution < 1.29 is 18.9 Å². The van der Waals surface area contributed by atoms with Gasteiger partial charge in [-0.15, -0.1) is 0 Å². The van der Waals surface area contributed by atoms with E-state index >= 15 is 0 Å². The molecule has 2 heterocycles. The van der Waals surface area contributed by atoms with E-state index in [-0.39, 0.29) is 18.5 Å². The molecular formula is C16H28O4. The van der Waals surface area contributed by atoms with Crippen molar-refractivity contribution >= 4 is 0 Å². The molecule has 0 aromatic carbocycles. The molecule has 0 amide bonds. The molecule has 0 saturated carbocycles. The van der Waals surface area contributed by atoms with Crippen LogP contribution >= 0.6 is 0 Å². The first-order valence-electron chi connectivity index (χ1n) is 7.92. The Morgan fingerprint density at radius 3 is 2.25 bits per heavy atom. The first-order valence-corrected chi connectivity index (χ1v) is 7.92. The highest BCUT2D eigenvalue weighted by molar-refractivity contribution is 4.87. The highest BCUT2D eigenvalue weighted by Crippen LogP contribution is 2.24. The fraction of sp³-hybridized carbons (Fsp3) is 0.875. The maximum Gasteiger partial charge on any atom is 0.164 e. The van der Waals surface area contributed by atoms with Gasteiger partial charge in [0.05, 0.1) is 32.3 Å². The van der Waals surface area contributed by atoms with E-state index in [2.05, 4.69) is 13.0 Å². The molecule has 2 aliphatic rings. The molecular weight excluding hydrogens is 256 g/mol. The summed E-state index contributed by atoms with van der Waals surface area (Å²) in [6.07, 6.45) is 8.62. The largest absolute Gasteiger partial charge is 0.352 e. The van der Waals surface area contributed by atoms with E-state index < -0.39 is 0 Å². The van der Waals surface area contributed by atoms with Crippen molar-refractivity contribution in [2.24, 2.45) is 11.8 Å². The number of hydrogen-bond donors (Lipinski definition) is 0. The Kier molecular flexibility index (Phi) is 7.00. The first kappa shape index (κ1) is 16.0. The Hall–Kier alpha value is -0.420. The van der Waals surface area contributed by atoms with Gasteiger partial charge in [-0.05, 0) is 19.8 Å². The summed E-state index contributed by atoms with van der Waals surface area (Å²) in [5.74, 6) is 0.576. The molecule has 4 heteroatoms. The minimum Gasteiger partial charge on any atom is -0.352 e. The molecule has 0 spiro atoms. The molecule has 0 aromatic rings. The number of rotatable bonds is 6. The Bertz CT molecular complexity index is 276. The lowest BCUT2D eigenvalue weighted by atomic mass is 10.1. The molecule has 0 aromatic heterocycles. The van der Waals surface area contributed by atoms with Crippen LogP contribution in [0.5, 0.6) is 0 Å². The van der Waals surface area contributed by atoms with Gasteiger partial charge in [0, 0.05) is 5.92 Å². The smallest absolute Gasteiger partial charge is 0.164 e. The molecule has 0 N–H and O–H groups in total. The molecule has 2 saturated heterocycles. The summed E-state index contributed by atoms with van der Waals surface area (Å²) in [5, 5.41) is 0. The van der Waals surface area contributed by atoms with Crippen LogP contribution in [0.15, 0.2) is 12.2 Å². The van der Waals surface area contributed by atoms with Crippen molar-refractivity contribution in [3.05, 3.63) is 12.2 Å². The molecule has 0 bridgehead atoms. The number of allylic oxidation sites excluding steroid dienone is 1. The third-order valence-corrected chi connectivity index (χ3v) is 3.83. The van der Waals surface area contributed by atoms with Gasteiger partial charge in [0.25, 0.3) is 0 Å². The Balaban J connectivity index is 1.64. The molecule has 4 nitrogen and oxygen atoms in total. The lowest BCUT2D eigenvalue weighted by molar-refractivity contribution is -0.278. The van der Waals surface area contributed by atoms with Crippen molar-refractivity contribution in [3.63, 3.8) is 0 Å². The average Bonchev–Trinajstić information content (AvgIpc) is 2.49. The zero-order valence-electron chi connectivity index (χ0n) is 12.8. The van der Waals surface area contributed by atoms with Crippen molar-refractivity contribution in [2.45, 2.75) is 52.1 Å². The van der Waals surface area contributed by atoms with E-state index in [1.807, 2.05) is 13.0 Å². The fourth-order valence-corrected chi connectivity index (χ4v) is 2.63. The van der Waals surface area contributed by atoms with E-state index in [1.54, 1.807) is 0 Å². The van der Waals surface area contributed by atoms with E-state index in [1.165, 1.54) is 19.3 Å². The van der Waals surface area contributed by atoms with Gasteiger partial charge in [-0.1, -0.05) is 31.9 Å². The second kappa shape index (κ2) is 8.78. The molecule has 2 aliphatic heterocycles. The molecule has 0 unspecified atom stereocenters. The minimum absolute atomic E-state index is 0.0304. The van der Waals surface area contributed by atoms with Gasteiger partial charge in [-0.3, -0.25) is 0 Å². The standard InChI is InChI=1S/C16H28O4/c1-3-5-6-8-15-17-11-14(12-18-15)16-19-9-13(7-4-2)10-20-16/h4,7,13-16H,3,5-6,8-12H2,1-2H3. The Labute approximate surface area is 122 Å². The average molecular weight is 284 g/mol. The minimum atomic E-state index is -0.173. The predicted octanol–water partition coefficient (Wildman–Crippen LogP) is 3.12. The van der Waals surface area contributed by atoms with Gasteiger partial charge in [-0.2, -0.15) is 0 Å². The lowest BCUT2D eigenvalue weighted by Crippen LogP contribution is -2.44. The maximum atomic E-state index is 5.78. The number of unbranched alkanes of at least 4 members (excludes halogenated alkanes) is 2. The summed E-state index contributed by atoms with van der Waals surface area (Å²) in [4.78, 5) is 0. The zero-order chi connectivity index (χ0) is 14.2. The van der Waals surface area contributed by atoms with Gasteiger partial charge < -0.3 is 18.9 Å². The van der Waals surface area contributed by atoms with Crippen LogP contribution < -0.4 is 0 Å². The Morgan fingerprint density at radius 1 is 0.950 bits per heavy atom. The van der Waals surface area contributed by atoms with Crippen LogP contribution in [0.25, 0.3) is 0 Å². The van der Waals surface area contributed by atoms with Gasteiger partial charge in [0.15, 0.2) is 12.6 Å². The third kappa shape index (κ3) is 4.85. The van der Waals surface area contributed by atoms with Crippen LogP contribution in [0.1, 0.15) is 39.5 Å². The predicted molar refractivity (Wildman–Crippen MR) is 77.3 cm³/mol. The number of ether oxygens (including phenoxy) is 4.